The molecular weight excluding hydrogens is 194 g/mol. The van der Waals surface area contributed by atoms with E-state index in [0.29, 0.717) is 12.8 Å². The summed E-state index contributed by atoms with van der Waals surface area (Å²) in [6.07, 6.45) is 4.65. The van der Waals surface area contributed by atoms with Crippen molar-refractivity contribution in [2.24, 2.45) is 5.92 Å². The van der Waals surface area contributed by atoms with Crippen LogP contribution in [0.3, 0.4) is 0 Å². The fourth-order valence-electron chi connectivity index (χ4n) is 2.70. The maximum absolute atomic E-state index is 11.6. The molecule has 4 nitrogen and oxygen atoms in total. The van der Waals surface area contributed by atoms with Gasteiger partial charge in [0.1, 0.15) is 0 Å². The third-order valence-electron chi connectivity index (χ3n) is 3.53. The predicted molar refractivity (Wildman–Crippen MR) is 53.9 cm³/mol. The third kappa shape index (κ3) is 1.91. The molecule has 2 unspecified atom stereocenters. The van der Waals surface area contributed by atoms with Crippen LogP contribution in [0.15, 0.2) is 0 Å². The molecule has 2 aliphatic rings. The molecule has 2 atom stereocenters. The van der Waals surface area contributed by atoms with Gasteiger partial charge in [-0.25, -0.2) is 0 Å². The number of imide groups is 1. The van der Waals surface area contributed by atoms with E-state index in [0.717, 1.165) is 25.7 Å². The van der Waals surface area contributed by atoms with Gasteiger partial charge < -0.3 is 5.11 Å². The average Bonchev–Trinajstić information content (AvgIpc) is 2.59. The van der Waals surface area contributed by atoms with Crippen molar-refractivity contribution in [2.75, 3.05) is 6.61 Å². The van der Waals surface area contributed by atoms with Gasteiger partial charge in [-0.05, 0) is 12.8 Å². The Hall–Kier alpha value is -0.900. The first-order chi connectivity index (χ1) is 7.24. The highest BCUT2D eigenvalue weighted by Gasteiger charge is 2.39. The van der Waals surface area contributed by atoms with Gasteiger partial charge in [-0.1, -0.05) is 12.8 Å². The molecule has 0 spiro atoms. The van der Waals surface area contributed by atoms with Gasteiger partial charge in [0.25, 0.3) is 0 Å². The number of hydrogen-bond acceptors (Lipinski definition) is 3. The standard InChI is InChI=1S/C11H17NO3/c13-7-8-3-1-2-4-9(8)12-10(14)5-6-11(12)15/h8-9,13H,1-7H2. The Morgan fingerprint density at radius 1 is 1.13 bits per heavy atom. The Labute approximate surface area is 89.3 Å². The second kappa shape index (κ2) is 4.31. The molecule has 0 aromatic carbocycles. The van der Waals surface area contributed by atoms with Gasteiger partial charge in [-0.3, -0.25) is 14.5 Å². The van der Waals surface area contributed by atoms with Crippen LogP contribution in [-0.4, -0.2) is 34.5 Å². The van der Waals surface area contributed by atoms with Crippen LogP contribution in [0.1, 0.15) is 38.5 Å². The third-order valence-corrected chi connectivity index (χ3v) is 3.53. The van der Waals surface area contributed by atoms with Crippen LogP contribution in [0.25, 0.3) is 0 Å². The van der Waals surface area contributed by atoms with Gasteiger partial charge >= 0.3 is 0 Å². The van der Waals surface area contributed by atoms with Crippen molar-refractivity contribution in [2.45, 2.75) is 44.6 Å². The number of carbonyl (C=O) groups is 2. The van der Waals surface area contributed by atoms with Crippen LogP contribution in [0, 0.1) is 5.92 Å². The molecule has 2 rings (SSSR count). The van der Waals surface area contributed by atoms with Crippen LogP contribution in [0.2, 0.25) is 0 Å². The summed E-state index contributed by atoms with van der Waals surface area (Å²) in [7, 11) is 0. The Morgan fingerprint density at radius 3 is 2.33 bits per heavy atom. The molecule has 1 heterocycles. The summed E-state index contributed by atoms with van der Waals surface area (Å²) in [6, 6.07) is -0.0359. The summed E-state index contributed by atoms with van der Waals surface area (Å²) >= 11 is 0. The number of amides is 2. The quantitative estimate of drug-likeness (QED) is 0.683. The van der Waals surface area contributed by atoms with E-state index in [9.17, 15) is 14.7 Å². The first kappa shape index (κ1) is 10.6. The highest BCUT2D eigenvalue weighted by atomic mass is 16.3. The second-order valence-electron chi connectivity index (χ2n) is 4.45. The normalized spacial score (nSPS) is 32.5. The van der Waals surface area contributed by atoms with Crippen molar-refractivity contribution in [1.82, 2.24) is 4.90 Å². The van der Waals surface area contributed by atoms with Crippen molar-refractivity contribution in [3.8, 4) is 0 Å². The highest BCUT2D eigenvalue weighted by Crippen LogP contribution is 2.31. The molecule has 0 aromatic rings. The molecule has 1 aliphatic heterocycles. The van der Waals surface area contributed by atoms with Crippen molar-refractivity contribution in [3.05, 3.63) is 0 Å². The van der Waals surface area contributed by atoms with Crippen LogP contribution in [0.4, 0.5) is 0 Å². The van der Waals surface area contributed by atoms with E-state index in [1.54, 1.807) is 0 Å². The predicted octanol–water partition coefficient (Wildman–Crippen LogP) is 0.687. The van der Waals surface area contributed by atoms with Gasteiger partial charge in [0.05, 0.1) is 0 Å². The fourth-order valence-corrected chi connectivity index (χ4v) is 2.70. The summed E-state index contributed by atoms with van der Waals surface area (Å²) in [5, 5.41) is 9.25. The van der Waals surface area contributed by atoms with Gasteiger partial charge in [0.15, 0.2) is 0 Å². The minimum atomic E-state index is -0.0506. The second-order valence-corrected chi connectivity index (χ2v) is 4.45. The molecule has 0 aromatic heterocycles. The Morgan fingerprint density at radius 2 is 1.73 bits per heavy atom. The number of nitrogens with zero attached hydrogens (tertiary/aromatic N) is 1. The SMILES string of the molecule is O=C1CCC(=O)N1C1CCCCC1CO. The zero-order valence-corrected chi connectivity index (χ0v) is 8.82. The number of aliphatic hydroxyl groups is 1. The number of rotatable bonds is 2. The lowest BCUT2D eigenvalue weighted by Crippen LogP contribution is -2.46. The Bertz CT molecular complexity index is 261. The van der Waals surface area contributed by atoms with E-state index in [1.807, 2.05) is 0 Å². The van der Waals surface area contributed by atoms with E-state index < -0.39 is 0 Å². The van der Waals surface area contributed by atoms with Crippen molar-refractivity contribution in [1.29, 1.82) is 0 Å². The van der Waals surface area contributed by atoms with E-state index in [4.69, 9.17) is 0 Å². The van der Waals surface area contributed by atoms with E-state index in [-0.39, 0.29) is 30.4 Å². The maximum Gasteiger partial charge on any atom is 0.229 e. The maximum atomic E-state index is 11.6. The number of likely N-dealkylation sites (tertiary alicyclic amines) is 1. The topological polar surface area (TPSA) is 57.6 Å². The molecule has 84 valence electrons. The molecule has 0 radical (unpaired) electrons. The molecule has 4 heteroatoms. The van der Waals surface area contributed by atoms with Crippen LogP contribution in [-0.2, 0) is 9.59 Å². The average molecular weight is 211 g/mol. The first-order valence-corrected chi connectivity index (χ1v) is 5.70. The van der Waals surface area contributed by atoms with Gasteiger partial charge in [-0.2, -0.15) is 0 Å². The van der Waals surface area contributed by atoms with Crippen molar-refractivity contribution in [3.63, 3.8) is 0 Å². The minimum Gasteiger partial charge on any atom is -0.396 e. The molecule has 2 fully saturated rings. The molecule has 2 amide bonds. The van der Waals surface area contributed by atoms with Crippen molar-refractivity contribution >= 4 is 11.8 Å². The van der Waals surface area contributed by atoms with Crippen LogP contribution < -0.4 is 0 Å². The lowest BCUT2D eigenvalue weighted by molar-refractivity contribution is -0.143. The van der Waals surface area contributed by atoms with Crippen LogP contribution in [0.5, 0.6) is 0 Å². The summed E-state index contributed by atoms with van der Waals surface area (Å²) in [5.41, 5.74) is 0. The van der Waals surface area contributed by atoms with Crippen molar-refractivity contribution < 1.29 is 14.7 Å². The van der Waals surface area contributed by atoms with E-state index in [2.05, 4.69) is 0 Å². The first-order valence-electron chi connectivity index (χ1n) is 5.70. The molecule has 15 heavy (non-hydrogen) atoms. The number of hydrogen-bond donors (Lipinski definition) is 1. The molecule has 1 N–H and O–H groups in total. The lowest BCUT2D eigenvalue weighted by Gasteiger charge is -2.35. The number of carbonyl (C=O) groups excluding carboxylic acids is 2. The number of aliphatic hydroxyl groups excluding tert-OH is 1. The summed E-state index contributed by atoms with van der Waals surface area (Å²) < 4.78 is 0. The Balaban J connectivity index is 2.12. The molecule has 1 saturated heterocycles. The molecule has 1 saturated carbocycles. The Kier molecular flexibility index (Phi) is 3.05. The minimum absolute atomic E-state index is 0.0359. The highest BCUT2D eigenvalue weighted by molar-refractivity contribution is 6.02. The largest absolute Gasteiger partial charge is 0.396 e. The molecule has 0 bridgehead atoms. The van der Waals surface area contributed by atoms with E-state index in [1.165, 1.54) is 4.90 Å². The van der Waals surface area contributed by atoms with Gasteiger partial charge in [-0.15, -0.1) is 0 Å². The zero-order chi connectivity index (χ0) is 10.8. The zero-order valence-electron chi connectivity index (χ0n) is 8.82. The van der Waals surface area contributed by atoms with E-state index >= 15 is 0 Å². The van der Waals surface area contributed by atoms with Gasteiger partial charge in [0, 0.05) is 31.4 Å². The summed E-state index contributed by atoms with van der Waals surface area (Å²) in [4.78, 5) is 24.6. The summed E-state index contributed by atoms with van der Waals surface area (Å²) in [5.74, 6) is 0.000417. The molecule has 1 aliphatic carbocycles. The van der Waals surface area contributed by atoms with Crippen LogP contribution >= 0.6 is 0 Å². The van der Waals surface area contributed by atoms with Gasteiger partial charge in [0.2, 0.25) is 11.8 Å². The lowest BCUT2D eigenvalue weighted by atomic mass is 9.84. The molecular formula is C11H17NO3. The monoisotopic (exact) mass is 211 g/mol. The summed E-state index contributed by atoms with van der Waals surface area (Å²) in [6.45, 7) is 0.0850. The fraction of sp³-hybridized carbons (Fsp3) is 0.818. The smallest absolute Gasteiger partial charge is 0.229 e.